The molecule has 1 aliphatic rings. The fourth-order valence-corrected chi connectivity index (χ4v) is 2.13. The van der Waals surface area contributed by atoms with Gasteiger partial charge in [0.05, 0.1) is 11.2 Å². The molecule has 0 N–H and O–H groups in total. The Bertz CT molecular complexity index is 666. The average Bonchev–Trinajstić information content (AvgIpc) is 2.47. The Morgan fingerprint density at radius 3 is 2.83 bits per heavy atom. The standard InChI is InChI=1S/C16H14N2/c1-2-12-8-9-15-14(10-12)11-16(18-17-15)13-6-4-3-5-7-13/h2,4,6-11H,1,3,5H2. The van der Waals surface area contributed by atoms with Gasteiger partial charge in [0.2, 0.25) is 0 Å². The van der Waals surface area contributed by atoms with E-state index in [-0.39, 0.29) is 0 Å². The van der Waals surface area contributed by atoms with E-state index in [0.29, 0.717) is 0 Å². The number of fused-ring (bicyclic) bond motifs is 1. The van der Waals surface area contributed by atoms with Gasteiger partial charge in [-0.25, -0.2) is 0 Å². The summed E-state index contributed by atoms with van der Waals surface area (Å²) in [5.41, 5.74) is 4.14. The van der Waals surface area contributed by atoms with Gasteiger partial charge in [0.15, 0.2) is 0 Å². The van der Waals surface area contributed by atoms with Crippen molar-refractivity contribution < 1.29 is 0 Å². The van der Waals surface area contributed by atoms with E-state index in [1.54, 1.807) is 0 Å². The van der Waals surface area contributed by atoms with Crippen molar-refractivity contribution in [3.05, 3.63) is 60.3 Å². The highest BCUT2D eigenvalue weighted by Crippen LogP contribution is 2.22. The van der Waals surface area contributed by atoms with Gasteiger partial charge in [0.25, 0.3) is 0 Å². The first-order valence-corrected chi connectivity index (χ1v) is 6.14. The zero-order valence-electron chi connectivity index (χ0n) is 10.1. The third-order valence-corrected chi connectivity index (χ3v) is 3.14. The largest absolute Gasteiger partial charge is 0.150 e. The lowest BCUT2D eigenvalue weighted by Crippen LogP contribution is -1.94. The van der Waals surface area contributed by atoms with Crippen LogP contribution in [0.3, 0.4) is 0 Å². The molecule has 0 radical (unpaired) electrons. The first-order chi connectivity index (χ1) is 8.86. The molecule has 0 fully saturated rings. The molecule has 0 saturated heterocycles. The van der Waals surface area contributed by atoms with Gasteiger partial charge in [0, 0.05) is 5.39 Å². The lowest BCUT2D eigenvalue weighted by Gasteiger charge is -2.06. The Balaban J connectivity index is 2.11. The van der Waals surface area contributed by atoms with Crippen molar-refractivity contribution in [2.45, 2.75) is 12.8 Å². The number of hydrogen-bond donors (Lipinski definition) is 0. The fraction of sp³-hybridized carbons (Fsp3) is 0.125. The molecule has 2 aromatic rings. The van der Waals surface area contributed by atoms with E-state index in [9.17, 15) is 0 Å². The Morgan fingerprint density at radius 2 is 2.06 bits per heavy atom. The minimum absolute atomic E-state index is 0.921. The van der Waals surface area contributed by atoms with Gasteiger partial charge in [0.1, 0.15) is 0 Å². The topological polar surface area (TPSA) is 25.8 Å². The van der Waals surface area contributed by atoms with Crippen LogP contribution in [0.15, 0.2) is 49.1 Å². The average molecular weight is 234 g/mol. The molecule has 0 bridgehead atoms. The minimum Gasteiger partial charge on any atom is -0.150 e. The van der Waals surface area contributed by atoms with Gasteiger partial charge in [-0.1, -0.05) is 36.9 Å². The van der Waals surface area contributed by atoms with E-state index in [4.69, 9.17) is 0 Å². The number of hydrogen-bond acceptors (Lipinski definition) is 2. The molecule has 0 atom stereocenters. The molecule has 0 unspecified atom stereocenters. The summed E-state index contributed by atoms with van der Waals surface area (Å²) in [5, 5.41) is 9.67. The molecule has 18 heavy (non-hydrogen) atoms. The van der Waals surface area contributed by atoms with Crippen LogP contribution in [0.5, 0.6) is 0 Å². The quantitative estimate of drug-likeness (QED) is 0.784. The Labute approximate surface area is 106 Å². The van der Waals surface area contributed by atoms with Gasteiger partial charge in [-0.2, -0.15) is 0 Å². The molecule has 1 aromatic carbocycles. The number of allylic oxidation sites excluding steroid dienone is 4. The van der Waals surface area contributed by atoms with E-state index in [1.807, 2.05) is 18.2 Å². The van der Waals surface area contributed by atoms with Crippen LogP contribution in [0.2, 0.25) is 0 Å². The van der Waals surface area contributed by atoms with Crippen molar-refractivity contribution in [3.63, 3.8) is 0 Å². The second-order valence-electron chi connectivity index (χ2n) is 4.39. The van der Waals surface area contributed by atoms with Gasteiger partial charge < -0.3 is 0 Å². The predicted octanol–water partition coefficient (Wildman–Crippen LogP) is 4.01. The van der Waals surface area contributed by atoms with E-state index in [0.717, 1.165) is 35.0 Å². The summed E-state index contributed by atoms with van der Waals surface area (Å²) in [7, 11) is 0. The summed E-state index contributed by atoms with van der Waals surface area (Å²) >= 11 is 0. The summed E-state index contributed by atoms with van der Waals surface area (Å²) in [5.74, 6) is 0. The maximum Gasteiger partial charge on any atom is 0.0932 e. The smallest absolute Gasteiger partial charge is 0.0932 e. The van der Waals surface area contributed by atoms with Crippen molar-refractivity contribution in [1.29, 1.82) is 0 Å². The van der Waals surface area contributed by atoms with Crippen molar-refractivity contribution >= 4 is 22.6 Å². The third-order valence-electron chi connectivity index (χ3n) is 3.14. The van der Waals surface area contributed by atoms with Crippen molar-refractivity contribution in [1.82, 2.24) is 10.2 Å². The van der Waals surface area contributed by atoms with Crippen molar-refractivity contribution in [2.24, 2.45) is 0 Å². The lowest BCUT2D eigenvalue weighted by atomic mass is 10.0. The molecule has 0 saturated carbocycles. The monoisotopic (exact) mass is 234 g/mol. The first-order valence-electron chi connectivity index (χ1n) is 6.14. The number of benzene rings is 1. The molecule has 1 aromatic heterocycles. The SMILES string of the molecule is C=Cc1ccc2nnc(C3=CCCC=C3)cc2c1. The second-order valence-corrected chi connectivity index (χ2v) is 4.39. The molecule has 88 valence electrons. The van der Waals surface area contributed by atoms with Gasteiger partial charge in [-0.3, -0.25) is 0 Å². The zero-order valence-corrected chi connectivity index (χ0v) is 10.1. The lowest BCUT2D eigenvalue weighted by molar-refractivity contribution is 1.02. The maximum atomic E-state index is 4.29. The highest BCUT2D eigenvalue weighted by molar-refractivity contribution is 5.84. The number of rotatable bonds is 2. The molecule has 0 amide bonds. The summed E-state index contributed by atoms with van der Waals surface area (Å²) in [4.78, 5) is 0. The Hall–Kier alpha value is -2.22. The normalized spacial score (nSPS) is 14.6. The Morgan fingerprint density at radius 1 is 1.11 bits per heavy atom. The van der Waals surface area contributed by atoms with E-state index in [1.165, 1.54) is 5.57 Å². The molecule has 1 heterocycles. The molecule has 2 heteroatoms. The van der Waals surface area contributed by atoms with Crippen LogP contribution in [0, 0.1) is 0 Å². The van der Waals surface area contributed by atoms with Crippen LogP contribution >= 0.6 is 0 Å². The van der Waals surface area contributed by atoms with Gasteiger partial charge >= 0.3 is 0 Å². The van der Waals surface area contributed by atoms with E-state index in [2.05, 4.69) is 47.1 Å². The Kier molecular flexibility index (Phi) is 2.77. The second kappa shape index (κ2) is 4.57. The molecule has 1 aliphatic carbocycles. The molecule has 3 rings (SSSR count). The van der Waals surface area contributed by atoms with Crippen LogP contribution in [0.4, 0.5) is 0 Å². The number of nitrogens with zero attached hydrogens (tertiary/aromatic N) is 2. The van der Waals surface area contributed by atoms with E-state index >= 15 is 0 Å². The summed E-state index contributed by atoms with van der Waals surface area (Å²) < 4.78 is 0. The minimum atomic E-state index is 0.921. The predicted molar refractivity (Wildman–Crippen MR) is 76.0 cm³/mol. The summed E-state index contributed by atoms with van der Waals surface area (Å²) in [6, 6.07) is 8.17. The van der Waals surface area contributed by atoms with Crippen LogP contribution in [0.1, 0.15) is 24.1 Å². The maximum absolute atomic E-state index is 4.29. The zero-order chi connectivity index (χ0) is 12.4. The van der Waals surface area contributed by atoms with Crippen molar-refractivity contribution in [2.75, 3.05) is 0 Å². The van der Waals surface area contributed by atoms with Crippen LogP contribution in [-0.4, -0.2) is 10.2 Å². The van der Waals surface area contributed by atoms with Crippen LogP contribution in [0.25, 0.3) is 22.6 Å². The van der Waals surface area contributed by atoms with E-state index < -0.39 is 0 Å². The fourth-order valence-electron chi connectivity index (χ4n) is 2.13. The third kappa shape index (κ3) is 1.97. The highest BCUT2D eigenvalue weighted by atomic mass is 15.1. The number of aromatic nitrogens is 2. The molecular weight excluding hydrogens is 220 g/mol. The summed E-state index contributed by atoms with van der Waals surface area (Å²) in [6.45, 7) is 3.79. The molecule has 0 spiro atoms. The van der Waals surface area contributed by atoms with Crippen molar-refractivity contribution in [3.8, 4) is 0 Å². The van der Waals surface area contributed by atoms with Gasteiger partial charge in [-0.15, -0.1) is 10.2 Å². The summed E-state index contributed by atoms with van der Waals surface area (Å²) in [6.07, 6.45) is 10.6. The molecule has 2 nitrogen and oxygen atoms in total. The van der Waals surface area contributed by atoms with Gasteiger partial charge in [-0.05, 0) is 42.2 Å². The highest BCUT2D eigenvalue weighted by Gasteiger charge is 2.05. The van der Waals surface area contributed by atoms with Crippen LogP contribution in [-0.2, 0) is 0 Å². The molecular formula is C16H14N2. The first kappa shape index (κ1) is 10.9. The van der Waals surface area contributed by atoms with Crippen LogP contribution < -0.4 is 0 Å². The molecule has 0 aliphatic heterocycles.